The fraction of sp³-hybridized carbons (Fsp3) is 0.843. The lowest BCUT2D eigenvalue weighted by atomic mass is 9.88. The molecule has 2 saturated carbocycles. The van der Waals surface area contributed by atoms with Crippen LogP contribution in [0.3, 0.4) is 0 Å². The molecule has 0 aromatic carbocycles. The topological polar surface area (TPSA) is 197 Å². The number of rotatable bonds is 14. The fourth-order valence-corrected chi connectivity index (χ4v) is 5.56. The molecular formula is C51H98O12S3. The number of ether oxygens (including phenoxy) is 1. The Morgan fingerprint density at radius 1 is 0.591 bits per heavy atom. The zero-order chi connectivity index (χ0) is 54.3. The van der Waals surface area contributed by atoms with Gasteiger partial charge in [0.15, 0.2) is 21.4 Å². The summed E-state index contributed by atoms with van der Waals surface area (Å²) in [6.45, 7) is 37.3. The molecule has 2 aliphatic carbocycles. The van der Waals surface area contributed by atoms with Crippen LogP contribution in [-0.2, 0) is 63.7 Å². The number of Topliss-reactive ketones (excluding diaryl/α,β-unsaturated/α-hetero) is 8. The second-order valence-electron chi connectivity index (χ2n) is 22.0. The van der Waals surface area contributed by atoms with Gasteiger partial charge in [-0.2, -0.15) is 11.8 Å². The largest absolute Gasteiger partial charge is 0.384 e. The summed E-state index contributed by atoms with van der Waals surface area (Å²) in [5, 5.41) is 0. The first kappa shape index (κ1) is 75.3. The molecule has 1 atom stereocenters. The van der Waals surface area contributed by atoms with Crippen molar-refractivity contribution >= 4 is 78.7 Å². The molecule has 12 nitrogen and oxygen atoms in total. The maximum absolute atomic E-state index is 11.3. The summed E-state index contributed by atoms with van der Waals surface area (Å²) in [5.74, 6) is 3.40. The number of thioether (sulfide) groups is 1. The summed E-state index contributed by atoms with van der Waals surface area (Å²) in [4.78, 5) is 85.5. The van der Waals surface area contributed by atoms with E-state index in [0.29, 0.717) is 54.9 Å². The first-order chi connectivity index (χ1) is 29.3. The molecule has 2 fully saturated rings. The van der Waals surface area contributed by atoms with E-state index in [1.54, 1.807) is 66.7 Å². The Labute approximate surface area is 411 Å². The summed E-state index contributed by atoms with van der Waals surface area (Å²) in [7, 11) is -2.54. The first-order valence-corrected chi connectivity index (χ1v) is 28.1. The van der Waals surface area contributed by atoms with Crippen LogP contribution in [0.4, 0.5) is 0 Å². The number of ketones is 8. The number of sulfone groups is 1. The van der Waals surface area contributed by atoms with Gasteiger partial charge in [0, 0.05) is 89.1 Å². The van der Waals surface area contributed by atoms with E-state index in [2.05, 4.69) is 0 Å². The Bertz CT molecular complexity index is 1570. The van der Waals surface area contributed by atoms with Crippen molar-refractivity contribution in [2.75, 3.05) is 49.7 Å². The second kappa shape index (κ2) is 36.7. The maximum atomic E-state index is 11.3. The molecule has 0 bridgehead atoms. The minimum absolute atomic E-state index is 0.0633. The number of carbonyl (C=O) groups is 8. The van der Waals surface area contributed by atoms with E-state index in [0.717, 1.165) is 31.4 Å². The van der Waals surface area contributed by atoms with Crippen molar-refractivity contribution in [3.8, 4) is 0 Å². The molecule has 0 aromatic heterocycles. The van der Waals surface area contributed by atoms with Crippen LogP contribution in [-0.4, -0.2) is 109 Å². The van der Waals surface area contributed by atoms with Crippen LogP contribution >= 0.6 is 11.8 Å². The standard InChI is InChI=1S/C9H16O.C8H16O2.C7H14O3S.C7H14O2S.C7H14OS.C5H8O.2C4H8O/c1-9(2,3)8(10)6-7-4-5-7;1-8(2,3)7(9)5-6-10-4;1-7(2,3)6(8)5-11(4,9)10;1-7(2,3)6(8)5-10(4)9;1-7(2,3)6(8)5-9-4;1-4(6)5-2-3-5;2*1-3-4(2)5/h7H,4-6H2,1-3H3;5-6H2,1-4H3;5H2,1-4H3;5H2,1-4H3;5H2,1-4H3;5H,2-3H2,1H3;2*3H2,1-2H3. The molecule has 2 rings (SSSR count). The van der Waals surface area contributed by atoms with Gasteiger partial charge in [-0.1, -0.05) is 118 Å². The van der Waals surface area contributed by atoms with Crippen LogP contribution in [0.2, 0.25) is 0 Å². The highest BCUT2D eigenvalue weighted by molar-refractivity contribution is 7.99. The van der Waals surface area contributed by atoms with Gasteiger partial charge in [-0.3, -0.25) is 33.0 Å². The first-order valence-electron chi connectivity index (χ1n) is 22.9. The van der Waals surface area contributed by atoms with Gasteiger partial charge in [0.25, 0.3) is 0 Å². The zero-order valence-corrected chi connectivity index (χ0v) is 48.7. The predicted octanol–water partition coefficient (Wildman–Crippen LogP) is 10.6. The average molecular weight is 1000 g/mol. The van der Waals surface area contributed by atoms with Crippen molar-refractivity contribution in [1.29, 1.82) is 0 Å². The molecule has 0 spiro atoms. The van der Waals surface area contributed by atoms with Crippen molar-refractivity contribution < 1.29 is 55.7 Å². The number of methoxy groups -OCH3 is 1. The minimum atomic E-state index is -3.16. The predicted molar refractivity (Wildman–Crippen MR) is 279 cm³/mol. The molecular weight excluding hydrogens is 901 g/mol. The van der Waals surface area contributed by atoms with Gasteiger partial charge in [0.1, 0.15) is 40.5 Å². The van der Waals surface area contributed by atoms with Crippen LogP contribution in [0, 0.1) is 38.9 Å². The number of hydrogen-bond acceptors (Lipinski definition) is 13. The highest BCUT2D eigenvalue weighted by Gasteiger charge is 2.30. The monoisotopic (exact) mass is 999 g/mol. The molecule has 0 N–H and O–H groups in total. The normalized spacial score (nSPS) is 13.7. The summed E-state index contributed by atoms with van der Waals surface area (Å²) in [6, 6.07) is 0. The van der Waals surface area contributed by atoms with Crippen LogP contribution in [0.15, 0.2) is 0 Å². The summed E-state index contributed by atoms with van der Waals surface area (Å²) >= 11 is 1.59. The molecule has 0 heterocycles. The lowest BCUT2D eigenvalue weighted by Crippen LogP contribution is -2.27. The molecule has 66 heavy (non-hydrogen) atoms. The Morgan fingerprint density at radius 3 is 1.06 bits per heavy atom. The maximum Gasteiger partial charge on any atom is 0.154 e. The fourth-order valence-electron chi connectivity index (χ4n) is 3.15. The molecule has 0 amide bonds. The van der Waals surface area contributed by atoms with Gasteiger partial charge in [0.2, 0.25) is 0 Å². The van der Waals surface area contributed by atoms with Crippen LogP contribution in [0.1, 0.15) is 190 Å². The molecule has 0 aromatic rings. The summed E-state index contributed by atoms with van der Waals surface area (Å²) < 4.78 is 36.7. The van der Waals surface area contributed by atoms with Gasteiger partial charge in [-0.25, -0.2) is 8.42 Å². The van der Waals surface area contributed by atoms with E-state index in [4.69, 9.17) is 4.74 Å². The lowest BCUT2D eigenvalue weighted by molar-refractivity contribution is -0.127. The van der Waals surface area contributed by atoms with Gasteiger partial charge >= 0.3 is 0 Å². The Morgan fingerprint density at radius 2 is 0.924 bits per heavy atom. The van der Waals surface area contributed by atoms with E-state index < -0.39 is 26.1 Å². The highest BCUT2D eigenvalue weighted by Crippen LogP contribution is 2.35. The van der Waals surface area contributed by atoms with E-state index in [-0.39, 0.29) is 62.1 Å². The van der Waals surface area contributed by atoms with Gasteiger partial charge in [-0.15, -0.1) is 0 Å². The third-order valence-electron chi connectivity index (χ3n) is 9.04. The molecule has 1 unspecified atom stereocenters. The smallest absolute Gasteiger partial charge is 0.154 e. The molecule has 0 aliphatic heterocycles. The summed E-state index contributed by atoms with van der Waals surface area (Å²) in [5.41, 5.74) is -1.36. The Kier molecular flexibility index (Phi) is 41.9. The van der Waals surface area contributed by atoms with Crippen molar-refractivity contribution in [2.45, 2.75) is 190 Å². The highest BCUT2D eigenvalue weighted by atomic mass is 32.2. The van der Waals surface area contributed by atoms with E-state index in [9.17, 15) is 51.0 Å². The third kappa shape index (κ3) is 59.8. The van der Waals surface area contributed by atoms with Crippen molar-refractivity contribution in [3.05, 3.63) is 0 Å². The third-order valence-corrected chi connectivity index (χ3v) is 11.0. The number of carbonyl (C=O) groups excluding carboxylic acids is 8. The number of hydrogen-bond donors (Lipinski definition) is 0. The molecule has 0 radical (unpaired) electrons. The quantitative estimate of drug-likeness (QED) is 0.159. The minimum Gasteiger partial charge on any atom is -0.384 e. The van der Waals surface area contributed by atoms with E-state index >= 15 is 0 Å². The van der Waals surface area contributed by atoms with Gasteiger partial charge < -0.3 is 14.3 Å². The van der Waals surface area contributed by atoms with Crippen LogP contribution < -0.4 is 0 Å². The van der Waals surface area contributed by atoms with Crippen LogP contribution in [0.25, 0.3) is 0 Å². The van der Waals surface area contributed by atoms with Crippen LogP contribution in [0.5, 0.6) is 0 Å². The molecule has 0 saturated heterocycles. The Hall–Kier alpha value is -2.23. The Balaban J connectivity index is -0.000000158. The molecule has 2 aliphatic rings. The van der Waals surface area contributed by atoms with Crippen molar-refractivity contribution in [1.82, 2.24) is 0 Å². The molecule has 15 heteroatoms. The second-order valence-corrected chi connectivity index (χ2v) is 26.4. The van der Waals surface area contributed by atoms with Crippen molar-refractivity contribution in [2.24, 2.45) is 38.9 Å². The average Bonchev–Trinajstić information content (AvgIpc) is 4.05. The summed E-state index contributed by atoms with van der Waals surface area (Å²) in [6.07, 6.45) is 12.1. The lowest BCUT2D eigenvalue weighted by Gasteiger charge is -2.15. The molecule has 392 valence electrons. The van der Waals surface area contributed by atoms with Gasteiger partial charge in [-0.05, 0) is 58.6 Å². The van der Waals surface area contributed by atoms with Crippen molar-refractivity contribution in [3.63, 3.8) is 0 Å². The van der Waals surface area contributed by atoms with E-state index in [1.807, 2.05) is 103 Å². The van der Waals surface area contributed by atoms with Gasteiger partial charge in [0.05, 0.1) is 18.1 Å². The van der Waals surface area contributed by atoms with E-state index in [1.165, 1.54) is 12.8 Å². The SMILES string of the molecule is CC(=O)C1CC1.CC(C)(C)C(=O)CC1CC1.CC(C)(C)C(=O)CS(C)(=O)=O.CCC(C)=O.CCC(C)=O.COCCC(=O)C(C)(C)C.CS(=O)CC(=O)C(C)(C)C.CSCC(=O)C(C)(C)C. The zero-order valence-electron chi connectivity index (χ0n) is 46.3.